The first-order valence-electron chi connectivity index (χ1n) is 11.3. The van der Waals surface area contributed by atoms with Crippen LogP contribution in [0.1, 0.15) is 70.6 Å². The van der Waals surface area contributed by atoms with Crippen LogP contribution < -0.4 is 5.32 Å². The third-order valence-electron chi connectivity index (χ3n) is 6.33. The first-order chi connectivity index (χ1) is 14.6. The van der Waals surface area contributed by atoms with Gasteiger partial charge < -0.3 is 10.4 Å². The van der Waals surface area contributed by atoms with Gasteiger partial charge >= 0.3 is 5.97 Å². The molecule has 2 heterocycles. The zero-order valence-corrected chi connectivity index (χ0v) is 20.1. The maximum atomic E-state index is 12.6. The highest BCUT2D eigenvalue weighted by Gasteiger charge is 2.27. The average molecular weight is 471 g/mol. The molecule has 0 aromatic carbocycles. The van der Waals surface area contributed by atoms with E-state index in [0.717, 1.165) is 22.5 Å². The fraction of sp³-hybridized carbons (Fsp3) is 0.773. The number of rotatable bonds is 11. The Morgan fingerprint density at radius 1 is 1.17 bits per heavy atom. The van der Waals surface area contributed by atoms with Crippen molar-refractivity contribution >= 4 is 51.9 Å². The molecule has 1 aromatic heterocycles. The molecule has 1 aliphatic carbocycles. The topological polar surface area (TPSA) is 79.3 Å². The number of anilines is 1. The molecule has 1 amide bonds. The Labute approximate surface area is 192 Å². The number of carboxylic acids is 1. The van der Waals surface area contributed by atoms with Gasteiger partial charge in [-0.05, 0) is 54.9 Å². The van der Waals surface area contributed by atoms with E-state index < -0.39 is 5.97 Å². The van der Waals surface area contributed by atoms with Gasteiger partial charge in [0.2, 0.25) is 5.91 Å². The minimum Gasteiger partial charge on any atom is -0.481 e. The molecule has 30 heavy (non-hydrogen) atoms. The minimum atomic E-state index is -0.792. The van der Waals surface area contributed by atoms with Gasteiger partial charge in [-0.25, -0.2) is 4.98 Å². The van der Waals surface area contributed by atoms with Gasteiger partial charge in [0, 0.05) is 12.2 Å². The van der Waals surface area contributed by atoms with Crippen molar-refractivity contribution in [2.24, 2.45) is 17.8 Å². The monoisotopic (exact) mass is 470 g/mol. The molecule has 8 heteroatoms. The maximum absolute atomic E-state index is 12.6. The minimum absolute atomic E-state index is 0.0604. The average Bonchev–Trinajstić information content (AvgIpc) is 3.19. The lowest BCUT2D eigenvalue weighted by molar-refractivity contribution is -0.136. The fourth-order valence-corrected chi connectivity index (χ4v) is 7.74. The van der Waals surface area contributed by atoms with E-state index in [1.165, 1.54) is 86.0 Å². The van der Waals surface area contributed by atoms with Gasteiger partial charge in [-0.2, -0.15) is 11.8 Å². The normalized spacial score (nSPS) is 19.5. The molecule has 3 rings (SSSR count). The summed E-state index contributed by atoms with van der Waals surface area (Å²) in [5, 5.41) is 12.3. The first kappa shape index (κ1) is 23.9. The van der Waals surface area contributed by atoms with Crippen LogP contribution in [0.2, 0.25) is 0 Å². The van der Waals surface area contributed by atoms with Gasteiger partial charge in [-0.15, -0.1) is 11.8 Å². The summed E-state index contributed by atoms with van der Waals surface area (Å²) in [5.41, 5.74) is 0. The van der Waals surface area contributed by atoms with E-state index in [1.54, 1.807) is 6.20 Å². The van der Waals surface area contributed by atoms with E-state index in [0.29, 0.717) is 23.2 Å². The van der Waals surface area contributed by atoms with Gasteiger partial charge in [-0.1, -0.05) is 43.4 Å². The Balaban J connectivity index is 1.46. The molecular formula is C22H34N2O3S3. The second-order valence-corrected chi connectivity index (χ2v) is 12.2. The van der Waals surface area contributed by atoms with Crippen molar-refractivity contribution in [1.82, 2.24) is 4.98 Å². The zero-order valence-electron chi connectivity index (χ0n) is 17.6. The standard InChI is InChI=1S/C22H34N2O3S3/c25-19(24-22-23-15-21(30-22)29-13-10-20(26)27)7-6-18(17-8-11-28-12-9-17)14-16-4-2-1-3-5-16/h15-18H,1-14H2,(H,26,27)(H,23,24,25). The van der Waals surface area contributed by atoms with Crippen LogP contribution in [0.15, 0.2) is 10.4 Å². The number of hydrogen-bond acceptors (Lipinski definition) is 6. The highest BCUT2D eigenvalue weighted by atomic mass is 32.2. The molecule has 1 unspecified atom stereocenters. The number of amides is 1. The Morgan fingerprint density at radius 3 is 2.67 bits per heavy atom. The number of hydrogen-bond donors (Lipinski definition) is 2. The second kappa shape index (κ2) is 13.0. The molecule has 2 N–H and O–H groups in total. The number of thioether (sulfide) groups is 2. The predicted octanol–water partition coefficient (Wildman–Crippen LogP) is 6.16. The van der Waals surface area contributed by atoms with Gasteiger partial charge in [-0.3, -0.25) is 9.59 Å². The molecular weight excluding hydrogens is 436 g/mol. The van der Waals surface area contributed by atoms with Crippen LogP contribution in [-0.4, -0.2) is 39.2 Å². The van der Waals surface area contributed by atoms with Crippen LogP contribution >= 0.6 is 34.9 Å². The van der Waals surface area contributed by atoms with Crippen molar-refractivity contribution in [2.75, 3.05) is 22.6 Å². The summed E-state index contributed by atoms with van der Waals surface area (Å²) >= 11 is 4.98. The highest BCUT2D eigenvalue weighted by Crippen LogP contribution is 2.39. The largest absolute Gasteiger partial charge is 0.481 e. The molecule has 1 aromatic rings. The lowest BCUT2D eigenvalue weighted by Crippen LogP contribution is -2.25. The van der Waals surface area contributed by atoms with E-state index >= 15 is 0 Å². The highest BCUT2D eigenvalue weighted by molar-refractivity contribution is 8.01. The lowest BCUT2D eigenvalue weighted by atomic mass is 9.75. The Hall–Kier alpha value is -0.730. The Kier molecular flexibility index (Phi) is 10.3. The first-order valence-corrected chi connectivity index (χ1v) is 14.2. The molecule has 1 atom stereocenters. The van der Waals surface area contributed by atoms with Crippen molar-refractivity contribution in [3.05, 3.63) is 6.20 Å². The number of carboxylic acid groups (broad SMARTS) is 1. The van der Waals surface area contributed by atoms with E-state index in [9.17, 15) is 9.59 Å². The lowest BCUT2D eigenvalue weighted by Gasteiger charge is -2.34. The van der Waals surface area contributed by atoms with E-state index in [1.807, 2.05) is 0 Å². The smallest absolute Gasteiger partial charge is 0.304 e. The number of nitrogens with one attached hydrogen (secondary N) is 1. The van der Waals surface area contributed by atoms with Crippen molar-refractivity contribution in [1.29, 1.82) is 0 Å². The molecule has 2 fully saturated rings. The summed E-state index contributed by atoms with van der Waals surface area (Å²) < 4.78 is 0.946. The van der Waals surface area contributed by atoms with Crippen LogP contribution in [0.25, 0.3) is 0 Å². The molecule has 2 aliphatic rings. The molecule has 5 nitrogen and oxygen atoms in total. The van der Waals surface area contributed by atoms with Crippen LogP contribution in [0, 0.1) is 17.8 Å². The van der Waals surface area contributed by atoms with Crippen LogP contribution in [0.4, 0.5) is 5.13 Å². The van der Waals surface area contributed by atoms with Gasteiger partial charge in [0.25, 0.3) is 0 Å². The summed E-state index contributed by atoms with van der Waals surface area (Å²) in [4.78, 5) is 27.5. The summed E-state index contributed by atoms with van der Waals surface area (Å²) in [6, 6.07) is 0. The van der Waals surface area contributed by atoms with Crippen molar-refractivity contribution < 1.29 is 14.7 Å². The number of aromatic nitrogens is 1. The molecule has 1 saturated carbocycles. The van der Waals surface area contributed by atoms with Crippen LogP contribution in [0.3, 0.4) is 0 Å². The van der Waals surface area contributed by atoms with Crippen LogP contribution in [0.5, 0.6) is 0 Å². The third-order valence-corrected chi connectivity index (χ3v) is 9.48. The SMILES string of the molecule is O=C(O)CCSc1cnc(NC(=O)CCC(CC2CCCCC2)C2CCSCC2)s1. The van der Waals surface area contributed by atoms with Crippen molar-refractivity contribution in [2.45, 2.75) is 74.8 Å². The van der Waals surface area contributed by atoms with Crippen molar-refractivity contribution in [3.63, 3.8) is 0 Å². The van der Waals surface area contributed by atoms with E-state index in [-0.39, 0.29) is 12.3 Å². The summed E-state index contributed by atoms with van der Waals surface area (Å²) in [6.45, 7) is 0. The summed E-state index contributed by atoms with van der Waals surface area (Å²) in [6.07, 6.45) is 14.3. The van der Waals surface area contributed by atoms with Crippen LogP contribution in [-0.2, 0) is 9.59 Å². The maximum Gasteiger partial charge on any atom is 0.304 e. The van der Waals surface area contributed by atoms with Gasteiger partial charge in [0.1, 0.15) is 0 Å². The van der Waals surface area contributed by atoms with Gasteiger partial charge in [0.15, 0.2) is 5.13 Å². The predicted molar refractivity (Wildman–Crippen MR) is 128 cm³/mol. The zero-order chi connectivity index (χ0) is 21.2. The number of nitrogens with zero attached hydrogens (tertiary/aromatic N) is 1. The molecule has 1 saturated heterocycles. The molecule has 1 aliphatic heterocycles. The number of carbonyl (C=O) groups excluding carboxylic acids is 1. The summed E-state index contributed by atoms with van der Waals surface area (Å²) in [5.74, 6) is 4.68. The number of carbonyl (C=O) groups is 2. The second-order valence-electron chi connectivity index (χ2n) is 8.51. The van der Waals surface area contributed by atoms with E-state index in [2.05, 4.69) is 22.1 Å². The molecule has 168 valence electrons. The third kappa shape index (κ3) is 8.42. The fourth-order valence-electron chi connectivity index (χ4n) is 4.71. The molecule has 0 bridgehead atoms. The molecule has 0 spiro atoms. The van der Waals surface area contributed by atoms with E-state index in [4.69, 9.17) is 5.11 Å². The Morgan fingerprint density at radius 2 is 1.93 bits per heavy atom. The quantitative estimate of drug-likeness (QED) is 0.377. The number of thiazole rings is 1. The molecule has 0 radical (unpaired) electrons. The Bertz CT molecular complexity index is 670. The summed E-state index contributed by atoms with van der Waals surface area (Å²) in [7, 11) is 0. The van der Waals surface area contributed by atoms with Gasteiger partial charge in [0.05, 0.1) is 16.8 Å². The number of aliphatic carboxylic acids is 1. The van der Waals surface area contributed by atoms with Crippen molar-refractivity contribution in [3.8, 4) is 0 Å².